The summed E-state index contributed by atoms with van der Waals surface area (Å²) >= 11 is 0. The number of likely N-dealkylation sites (tertiary alicyclic amines) is 1. The minimum absolute atomic E-state index is 0.0539. The van der Waals surface area contributed by atoms with Gasteiger partial charge in [0.15, 0.2) is 0 Å². The molecule has 0 bridgehead atoms. The summed E-state index contributed by atoms with van der Waals surface area (Å²) in [5.74, 6) is -5.61. The van der Waals surface area contributed by atoms with Gasteiger partial charge in [0.05, 0.1) is 19.8 Å². The first-order valence-electron chi connectivity index (χ1n) is 15.2. The fourth-order valence-electron chi connectivity index (χ4n) is 5.97. The first-order chi connectivity index (χ1) is 20.0. The summed E-state index contributed by atoms with van der Waals surface area (Å²) in [5.41, 5.74) is 5.66. The van der Waals surface area contributed by atoms with Crippen molar-refractivity contribution in [3.05, 3.63) is 69.7 Å². The van der Waals surface area contributed by atoms with Gasteiger partial charge in [0, 0.05) is 31.1 Å². The largest absolute Gasteiger partial charge is 0.480 e. The number of carbonyl (C=O) groups is 1. The van der Waals surface area contributed by atoms with E-state index < -0.39 is 29.7 Å². The molecule has 0 saturated carbocycles. The molecule has 232 valence electrons. The van der Waals surface area contributed by atoms with Crippen molar-refractivity contribution in [1.82, 2.24) is 10.2 Å². The third-order valence-corrected chi connectivity index (χ3v) is 8.73. The standard InChI is InChI=1S/C33H45F3N2O4/c1-22(2)24(9-10-25-8-6-15-37-23(25)3)7-4-5-14-33(35,36)27-13-16-38(18-27)31(32(39)40)30-17-28(34)12-11-26(30)19-42-29-20-41-21-29/h9-12,17,27,29,31,37H,4-8,13-16,18-21H2,1-3H3,(H,39,40)/b10-9-. The van der Waals surface area contributed by atoms with Gasteiger partial charge >= 0.3 is 5.97 Å². The molecule has 0 spiro atoms. The highest BCUT2D eigenvalue weighted by Crippen LogP contribution is 2.40. The van der Waals surface area contributed by atoms with E-state index in [1.54, 1.807) is 4.90 Å². The van der Waals surface area contributed by atoms with Crippen molar-refractivity contribution < 1.29 is 32.5 Å². The van der Waals surface area contributed by atoms with Crippen LogP contribution in [0.25, 0.3) is 0 Å². The number of aliphatic carboxylic acids is 1. The molecule has 1 aromatic carbocycles. The number of ether oxygens (including phenoxy) is 2. The second-order valence-electron chi connectivity index (χ2n) is 12.0. The van der Waals surface area contributed by atoms with Gasteiger partial charge in [-0.1, -0.05) is 23.8 Å². The molecule has 2 atom stereocenters. The summed E-state index contributed by atoms with van der Waals surface area (Å²) in [4.78, 5) is 13.9. The number of benzene rings is 1. The Morgan fingerprint density at radius 2 is 2.07 bits per heavy atom. The predicted octanol–water partition coefficient (Wildman–Crippen LogP) is 6.93. The van der Waals surface area contributed by atoms with E-state index in [2.05, 4.69) is 38.2 Å². The van der Waals surface area contributed by atoms with E-state index in [-0.39, 0.29) is 44.2 Å². The molecule has 9 heteroatoms. The van der Waals surface area contributed by atoms with Crippen LogP contribution in [0.15, 0.2) is 52.8 Å². The van der Waals surface area contributed by atoms with Crippen LogP contribution in [0.1, 0.15) is 82.9 Å². The van der Waals surface area contributed by atoms with Gasteiger partial charge in [0.2, 0.25) is 0 Å². The molecule has 2 saturated heterocycles. The predicted molar refractivity (Wildman–Crippen MR) is 157 cm³/mol. The molecular formula is C33H45F3N2O4. The second-order valence-corrected chi connectivity index (χ2v) is 12.0. The Bertz CT molecular complexity index is 1190. The van der Waals surface area contributed by atoms with E-state index in [0.717, 1.165) is 25.8 Å². The average molecular weight is 591 g/mol. The van der Waals surface area contributed by atoms with E-state index in [1.807, 2.05) is 0 Å². The van der Waals surface area contributed by atoms with E-state index in [0.29, 0.717) is 31.6 Å². The van der Waals surface area contributed by atoms with Crippen molar-refractivity contribution in [3.63, 3.8) is 0 Å². The third-order valence-electron chi connectivity index (χ3n) is 8.73. The van der Waals surface area contributed by atoms with Crippen molar-refractivity contribution >= 4 is 5.97 Å². The maximum absolute atomic E-state index is 15.4. The van der Waals surface area contributed by atoms with Crippen molar-refractivity contribution in [2.24, 2.45) is 5.92 Å². The fraction of sp³-hybridized carbons (Fsp3) is 0.606. The number of hydrogen-bond acceptors (Lipinski definition) is 5. The first-order valence-corrected chi connectivity index (χ1v) is 15.2. The molecule has 2 fully saturated rings. The number of rotatable bonds is 14. The Kier molecular flexibility index (Phi) is 11.3. The lowest BCUT2D eigenvalue weighted by Crippen LogP contribution is -2.37. The number of hydrogen-bond donors (Lipinski definition) is 2. The molecule has 0 aliphatic carbocycles. The number of nitrogens with one attached hydrogen (secondary N) is 1. The highest BCUT2D eigenvalue weighted by molar-refractivity contribution is 5.76. The first kappa shape index (κ1) is 32.3. The Morgan fingerprint density at radius 3 is 2.74 bits per heavy atom. The molecular weight excluding hydrogens is 545 g/mol. The highest BCUT2D eigenvalue weighted by Gasteiger charge is 2.45. The van der Waals surface area contributed by atoms with Crippen LogP contribution >= 0.6 is 0 Å². The molecule has 0 amide bonds. The zero-order chi connectivity index (χ0) is 30.3. The van der Waals surface area contributed by atoms with Crippen LogP contribution in [0.4, 0.5) is 13.2 Å². The lowest BCUT2D eigenvalue weighted by molar-refractivity contribution is -0.144. The molecule has 2 N–H and O–H groups in total. The maximum Gasteiger partial charge on any atom is 0.325 e. The van der Waals surface area contributed by atoms with Crippen LogP contribution in [0.5, 0.6) is 0 Å². The number of allylic oxidation sites excluding steroid dienone is 6. The van der Waals surface area contributed by atoms with E-state index in [1.165, 1.54) is 40.6 Å². The van der Waals surface area contributed by atoms with Crippen LogP contribution < -0.4 is 5.32 Å². The smallest absolute Gasteiger partial charge is 0.325 e. The maximum atomic E-state index is 15.4. The number of carboxylic acids is 1. The highest BCUT2D eigenvalue weighted by atomic mass is 19.3. The van der Waals surface area contributed by atoms with Crippen molar-refractivity contribution in [3.8, 4) is 0 Å². The summed E-state index contributed by atoms with van der Waals surface area (Å²) in [6.07, 6.45) is 8.10. The average Bonchev–Trinajstić information content (AvgIpc) is 3.40. The molecule has 3 aliphatic rings. The number of nitrogens with zero attached hydrogens (tertiary/aromatic N) is 1. The van der Waals surface area contributed by atoms with Crippen molar-refractivity contribution in [1.29, 1.82) is 0 Å². The summed E-state index contributed by atoms with van der Waals surface area (Å²) in [6, 6.07) is 2.75. The van der Waals surface area contributed by atoms with Crippen LogP contribution in [0.3, 0.4) is 0 Å². The quantitative estimate of drug-likeness (QED) is 0.181. The van der Waals surface area contributed by atoms with Crippen LogP contribution in [-0.2, 0) is 20.9 Å². The number of carboxylic acid groups (broad SMARTS) is 1. The van der Waals surface area contributed by atoms with Gasteiger partial charge in [-0.05, 0) is 100 Å². The summed E-state index contributed by atoms with van der Waals surface area (Å²) in [7, 11) is 0. The molecule has 0 radical (unpaired) electrons. The van der Waals surface area contributed by atoms with E-state index >= 15 is 8.78 Å². The van der Waals surface area contributed by atoms with Crippen LogP contribution in [-0.4, -0.2) is 60.9 Å². The second kappa shape index (κ2) is 14.7. The number of alkyl halides is 2. The van der Waals surface area contributed by atoms with Gasteiger partial charge < -0.3 is 19.9 Å². The minimum Gasteiger partial charge on any atom is -0.480 e. The molecule has 42 heavy (non-hydrogen) atoms. The molecule has 4 rings (SSSR count). The van der Waals surface area contributed by atoms with Crippen LogP contribution in [0.2, 0.25) is 0 Å². The van der Waals surface area contributed by atoms with Crippen molar-refractivity contribution in [2.45, 2.75) is 90.4 Å². The van der Waals surface area contributed by atoms with Gasteiger partial charge in [0.25, 0.3) is 5.92 Å². The fourth-order valence-corrected chi connectivity index (χ4v) is 5.97. The molecule has 6 nitrogen and oxygen atoms in total. The summed E-state index contributed by atoms with van der Waals surface area (Å²) < 4.78 is 55.9. The normalized spacial score (nSPS) is 21.0. The topological polar surface area (TPSA) is 71.0 Å². The Morgan fingerprint density at radius 1 is 1.29 bits per heavy atom. The molecule has 0 aromatic heterocycles. The monoisotopic (exact) mass is 590 g/mol. The Labute approximate surface area is 247 Å². The third kappa shape index (κ3) is 8.48. The molecule has 1 aromatic rings. The zero-order valence-corrected chi connectivity index (χ0v) is 25.1. The number of unbranched alkanes of at least 4 members (excludes halogenated alkanes) is 1. The van der Waals surface area contributed by atoms with Gasteiger partial charge in [-0.15, -0.1) is 0 Å². The van der Waals surface area contributed by atoms with Crippen molar-refractivity contribution in [2.75, 3.05) is 32.8 Å². The van der Waals surface area contributed by atoms with Gasteiger partial charge in [-0.3, -0.25) is 9.69 Å². The van der Waals surface area contributed by atoms with Crippen LogP contribution in [0, 0.1) is 11.7 Å². The van der Waals surface area contributed by atoms with Gasteiger partial charge in [-0.2, -0.15) is 0 Å². The summed E-state index contributed by atoms with van der Waals surface area (Å²) in [6.45, 7) is 8.38. The lowest BCUT2D eigenvalue weighted by Gasteiger charge is -2.29. The lowest BCUT2D eigenvalue weighted by atomic mass is 9.93. The minimum atomic E-state index is -2.91. The summed E-state index contributed by atoms with van der Waals surface area (Å²) in [5, 5.41) is 13.5. The Balaban J connectivity index is 1.33. The van der Waals surface area contributed by atoms with Gasteiger partial charge in [0.1, 0.15) is 18.0 Å². The SMILES string of the molecule is CC(C)=C(/C=C\C1=C(C)NCCC1)CCCCC(F)(F)C1CCN(C(C(=O)O)c2cc(F)ccc2COC2COC2)C1. The molecule has 3 heterocycles. The number of halogens is 3. The van der Waals surface area contributed by atoms with E-state index in [9.17, 15) is 14.3 Å². The Hall–Kier alpha value is -2.62. The molecule has 2 unspecified atom stereocenters. The van der Waals surface area contributed by atoms with Gasteiger partial charge in [-0.25, -0.2) is 13.2 Å². The zero-order valence-electron chi connectivity index (χ0n) is 25.1. The van der Waals surface area contributed by atoms with E-state index in [4.69, 9.17) is 9.47 Å². The molecule has 3 aliphatic heterocycles.